The van der Waals surface area contributed by atoms with E-state index in [0.29, 0.717) is 5.69 Å². The van der Waals surface area contributed by atoms with E-state index in [2.05, 4.69) is 46.5 Å². The molecule has 1 aromatic carbocycles. The Bertz CT molecular complexity index is 893. The summed E-state index contributed by atoms with van der Waals surface area (Å²) in [4.78, 5) is 15.9. The Morgan fingerprint density at radius 3 is 2.88 bits per heavy atom. The number of nitrogens with zero attached hydrogens (tertiary/aromatic N) is 3. The van der Waals surface area contributed by atoms with E-state index in [0.717, 1.165) is 10.0 Å². The molecule has 1 amide bonds. The maximum Gasteiger partial charge on any atom is 0.276 e. The number of halogens is 1. The van der Waals surface area contributed by atoms with Gasteiger partial charge >= 0.3 is 0 Å². The van der Waals surface area contributed by atoms with E-state index in [1.807, 2.05) is 25.1 Å². The summed E-state index contributed by atoms with van der Waals surface area (Å²) in [5, 5.41) is 22.4. The lowest BCUT2D eigenvalue weighted by atomic mass is 10.2. The van der Waals surface area contributed by atoms with E-state index in [1.54, 1.807) is 10.9 Å². The molecule has 2 heterocycles. The highest BCUT2D eigenvalue weighted by Gasteiger charge is 2.19. The van der Waals surface area contributed by atoms with E-state index < -0.39 is 5.91 Å². The Balaban J connectivity index is 1.75. The second kappa shape index (κ2) is 6.89. The van der Waals surface area contributed by atoms with Crippen LogP contribution in [0.5, 0.6) is 0 Å². The van der Waals surface area contributed by atoms with Crippen LogP contribution >= 0.6 is 27.3 Å². The zero-order valence-corrected chi connectivity index (χ0v) is 14.7. The average Bonchev–Trinajstić information content (AvgIpc) is 3.22. The highest BCUT2D eigenvalue weighted by molar-refractivity contribution is 9.10. The number of aromatic nitrogens is 3. The summed E-state index contributed by atoms with van der Waals surface area (Å²) >= 11 is 4.74. The van der Waals surface area contributed by atoms with Crippen molar-refractivity contribution in [1.82, 2.24) is 15.3 Å². The largest absolute Gasteiger partial charge is 0.339 e. The van der Waals surface area contributed by atoms with E-state index in [1.165, 1.54) is 11.3 Å². The molecule has 0 spiro atoms. The van der Waals surface area contributed by atoms with Crippen molar-refractivity contribution >= 4 is 50.5 Å². The van der Waals surface area contributed by atoms with E-state index in [-0.39, 0.29) is 23.0 Å². The monoisotopic (exact) mass is 406 g/mol. The lowest BCUT2D eigenvalue weighted by Gasteiger charge is -2.08. The Morgan fingerprint density at radius 2 is 2.17 bits per heavy atom. The summed E-state index contributed by atoms with van der Waals surface area (Å²) in [5.74, 6) is -0.448. The molecule has 2 aromatic heterocycles. The molecule has 24 heavy (non-hydrogen) atoms. The van der Waals surface area contributed by atoms with Gasteiger partial charge in [-0.25, -0.2) is 9.61 Å². The zero-order chi connectivity index (χ0) is 17.1. The standard InChI is InChI=1S/C14H11BrN6O2S/c1-7-2-3-8(4-9(7)15)18-12(16)11-13(21-23-20-11)19-14(22)10-5-24-6-17-10/h2-6H,1H3,(H2,16,18)(H,19,21,22). The molecular weight excluding hydrogens is 396 g/mol. The van der Waals surface area contributed by atoms with Crippen molar-refractivity contribution in [3.63, 3.8) is 0 Å². The van der Waals surface area contributed by atoms with Crippen LogP contribution < -0.4 is 10.6 Å². The van der Waals surface area contributed by atoms with Gasteiger partial charge in [-0.3, -0.25) is 10.2 Å². The fourth-order valence-corrected chi connectivity index (χ4v) is 2.72. The van der Waals surface area contributed by atoms with Gasteiger partial charge < -0.3 is 10.6 Å². The Kier molecular flexibility index (Phi) is 4.67. The lowest BCUT2D eigenvalue weighted by Crippen LogP contribution is -2.18. The molecule has 0 aliphatic carbocycles. The summed E-state index contributed by atoms with van der Waals surface area (Å²) in [6.07, 6.45) is 0. The van der Waals surface area contributed by atoms with Gasteiger partial charge in [0.25, 0.3) is 5.91 Å². The maximum absolute atomic E-state index is 12.0. The van der Waals surface area contributed by atoms with Crippen LogP contribution in [0.4, 0.5) is 11.5 Å². The molecule has 8 nitrogen and oxygen atoms in total. The van der Waals surface area contributed by atoms with Crippen LogP contribution in [0.1, 0.15) is 21.7 Å². The molecular formula is C14H11BrN6O2S. The quantitative estimate of drug-likeness (QED) is 0.451. The molecule has 0 atom stereocenters. The molecule has 0 aliphatic heterocycles. The van der Waals surface area contributed by atoms with Crippen molar-refractivity contribution < 1.29 is 9.42 Å². The number of thiazole rings is 1. The molecule has 0 fully saturated rings. The van der Waals surface area contributed by atoms with E-state index >= 15 is 0 Å². The highest BCUT2D eigenvalue weighted by Crippen LogP contribution is 2.21. The van der Waals surface area contributed by atoms with Crippen molar-refractivity contribution in [2.45, 2.75) is 6.92 Å². The average molecular weight is 407 g/mol. The number of carbonyl (C=O) groups is 1. The molecule has 3 N–H and O–H groups in total. The second-order valence-electron chi connectivity index (χ2n) is 4.75. The number of carbonyl (C=O) groups excluding carboxylic acids is 1. The van der Waals surface area contributed by atoms with Crippen LogP contribution in [0, 0.1) is 12.3 Å². The van der Waals surface area contributed by atoms with Crippen LogP contribution in [-0.2, 0) is 0 Å². The second-order valence-corrected chi connectivity index (χ2v) is 6.33. The summed E-state index contributed by atoms with van der Waals surface area (Å²) in [6, 6.07) is 5.58. The first kappa shape index (κ1) is 16.3. The lowest BCUT2D eigenvalue weighted by molar-refractivity contribution is 0.102. The number of amidine groups is 1. The fourth-order valence-electron chi connectivity index (χ4n) is 1.80. The van der Waals surface area contributed by atoms with E-state index in [9.17, 15) is 4.79 Å². The molecule has 0 saturated carbocycles. The maximum atomic E-state index is 12.0. The van der Waals surface area contributed by atoms with Crippen molar-refractivity contribution in [3.05, 3.63) is 50.5 Å². The Hall–Kier alpha value is -2.59. The van der Waals surface area contributed by atoms with Gasteiger partial charge in [-0.15, -0.1) is 11.3 Å². The third-order valence-electron chi connectivity index (χ3n) is 3.06. The Morgan fingerprint density at radius 1 is 1.33 bits per heavy atom. The zero-order valence-electron chi connectivity index (χ0n) is 12.3. The minimum absolute atomic E-state index is 0.0525. The first-order valence-electron chi connectivity index (χ1n) is 6.69. The third-order valence-corrected chi connectivity index (χ3v) is 4.50. The van der Waals surface area contributed by atoms with Crippen molar-refractivity contribution in [3.8, 4) is 0 Å². The molecule has 0 radical (unpaired) electrons. The summed E-state index contributed by atoms with van der Waals surface area (Å²) in [5.41, 5.74) is 3.67. The minimum atomic E-state index is -0.445. The molecule has 122 valence electrons. The number of benzene rings is 1. The topological polar surface area (TPSA) is 117 Å². The van der Waals surface area contributed by atoms with Crippen molar-refractivity contribution in [2.24, 2.45) is 0 Å². The molecule has 0 bridgehead atoms. The number of nitrogens with one attached hydrogen (secondary N) is 3. The summed E-state index contributed by atoms with van der Waals surface area (Å²) in [7, 11) is 0. The van der Waals surface area contributed by atoms with Gasteiger partial charge in [0.15, 0.2) is 11.5 Å². The number of hydrogen-bond acceptors (Lipinski definition) is 7. The van der Waals surface area contributed by atoms with Gasteiger partial charge in [0.2, 0.25) is 5.82 Å². The first-order valence-corrected chi connectivity index (χ1v) is 8.42. The normalized spacial score (nSPS) is 10.4. The molecule has 0 aliphatic rings. The van der Waals surface area contributed by atoms with Gasteiger partial charge in [0.1, 0.15) is 5.69 Å². The smallest absolute Gasteiger partial charge is 0.276 e. The van der Waals surface area contributed by atoms with Gasteiger partial charge in [-0.2, -0.15) is 0 Å². The third kappa shape index (κ3) is 3.49. The number of amides is 1. The van der Waals surface area contributed by atoms with Crippen LogP contribution in [0.25, 0.3) is 0 Å². The molecule has 3 aromatic rings. The number of rotatable bonds is 4. The van der Waals surface area contributed by atoms with Gasteiger partial charge in [-0.05, 0) is 34.9 Å². The van der Waals surface area contributed by atoms with Crippen LogP contribution in [0.15, 0.2) is 38.2 Å². The molecule has 10 heteroatoms. The van der Waals surface area contributed by atoms with Crippen molar-refractivity contribution in [1.29, 1.82) is 5.41 Å². The predicted molar refractivity (Wildman–Crippen MR) is 93.7 cm³/mol. The van der Waals surface area contributed by atoms with Crippen LogP contribution in [0.2, 0.25) is 0 Å². The first-order chi connectivity index (χ1) is 11.5. The summed E-state index contributed by atoms with van der Waals surface area (Å²) in [6.45, 7) is 1.97. The van der Waals surface area contributed by atoms with Gasteiger partial charge in [-0.1, -0.05) is 22.0 Å². The predicted octanol–water partition coefficient (Wildman–Crippen LogP) is 3.29. The SMILES string of the molecule is Cc1ccc(NC(=N)c2nonc2NC(=O)c2cscn2)cc1Br. The minimum Gasteiger partial charge on any atom is -0.339 e. The number of hydrogen-bond donors (Lipinski definition) is 3. The fraction of sp³-hybridized carbons (Fsp3) is 0.0714. The van der Waals surface area contributed by atoms with Crippen LogP contribution in [0.3, 0.4) is 0 Å². The molecule has 0 saturated heterocycles. The van der Waals surface area contributed by atoms with Crippen LogP contribution in [-0.4, -0.2) is 27.0 Å². The molecule has 0 unspecified atom stereocenters. The van der Waals surface area contributed by atoms with Gasteiger partial charge in [0, 0.05) is 15.5 Å². The number of aryl methyl sites for hydroxylation is 1. The highest BCUT2D eigenvalue weighted by atomic mass is 79.9. The molecule has 3 rings (SSSR count). The summed E-state index contributed by atoms with van der Waals surface area (Å²) < 4.78 is 5.56. The Labute approximate surface area is 148 Å². The number of anilines is 2. The van der Waals surface area contributed by atoms with Crippen molar-refractivity contribution in [2.75, 3.05) is 10.6 Å². The van der Waals surface area contributed by atoms with E-state index in [4.69, 9.17) is 5.41 Å². The van der Waals surface area contributed by atoms with Gasteiger partial charge in [0.05, 0.1) is 5.51 Å².